The van der Waals surface area contributed by atoms with Crippen molar-refractivity contribution in [3.8, 4) is 56.6 Å². The number of nitrogens with zero attached hydrogens (tertiary/aromatic N) is 5. The number of rotatable bonds is 9. The Morgan fingerprint density at radius 1 is 0.564 bits per heavy atom. The number of imidazole rings is 1. The molecule has 6 nitrogen and oxygen atoms in total. The van der Waals surface area contributed by atoms with Crippen molar-refractivity contribution < 1.29 is 37.2 Å². The van der Waals surface area contributed by atoms with Crippen molar-refractivity contribution in [1.29, 1.82) is 0 Å². The van der Waals surface area contributed by atoms with Crippen molar-refractivity contribution in [3.63, 3.8) is 0 Å². The normalized spacial score (nSPS) is 13.0. The fraction of sp³-hybridized carbons (Fsp3) is 0.155. The molecule has 0 aliphatic carbocycles. The number of ether oxygens (including phenoxy) is 1. The Morgan fingerprint density at radius 2 is 1.15 bits per heavy atom. The number of para-hydroxylation sites is 6. The molecule has 0 saturated heterocycles. The summed E-state index contributed by atoms with van der Waals surface area (Å²) >= 11 is 0. The summed E-state index contributed by atoms with van der Waals surface area (Å²) in [6.07, 6.45) is 5.60. The van der Waals surface area contributed by atoms with Gasteiger partial charge in [0.2, 0.25) is 0 Å². The molecular formula is C71H59N5OPt-2. The first-order chi connectivity index (χ1) is 39.3. The maximum Gasteiger partial charge on any atom is 0.268 e. The molecule has 0 N–H and O–H groups in total. The molecule has 0 fully saturated rings. The van der Waals surface area contributed by atoms with E-state index in [0.29, 0.717) is 28.4 Å². The molecule has 0 radical (unpaired) electrons. The van der Waals surface area contributed by atoms with E-state index in [2.05, 4.69) is 192 Å². The molecule has 4 aromatic heterocycles. The van der Waals surface area contributed by atoms with Crippen LogP contribution in [0.4, 0.5) is 0 Å². The fourth-order valence-electron chi connectivity index (χ4n) is 10.9. The average molecular weight is 1200 g/mol. The van der Waals surface area contributed by atoms with E-state index in [0.717, 1.165) is 88.4 Å². The number of hydrogen-bond donors (Lipinski definition) is 0. The zero-order valence-corrected chi connectivity index (χ0v) is 47.1. The van der Waals surface area contributed by atoms with Crippen LogP contribution in [0, 0.1) is 18.5 Å². The Kier molecular flexibility index (Phi) is 11.3. The van der Waals surface area contributed by atoms with Gasteiger partial charge in [0, 0.05) is 55.1 Å². The summed E-state index contributed by atoms with van der Waals surface area (Å²) in [4.78, 5) is 4.99. The Balaban J connectivity index is 0.00000680. The summed E-state index contributed by atoms with van der Waals surface area (Å²) in [6.45, 7) is 17.6. The summed E-state index contributed by atoms with van der Waals surface area (Å²) < 4.78 is 60.3. The quantitative estimate of drug-likeness (QED) is 0.107. The van der Waals surface area contributed by atoms with E-state index in [1.807, 2.05) is 76.0 Å². The first kappa shape index (κ1) is 44.8. The van der Waals surface area contributed by atoms with Gasteiger partial charge in [0.1, 0.15) is 5.82 Å². The molecule has 0 bridgehead atoms. The minimum absolute atomic E-state index is 0. The van der Waals surface area contributed by atoms with Gasteiger partial charge in [-0.05, 0) is 103 Å². The average Bonchev–Trinajstić information content (AvgIpc) is 4.38. The van der Waals surface area contributed by atoms with Gasteiger partial charge in [-0.25, -0.2) is 4.98 Å². The number of hydrogen-bond acceptors (Lipinski definition) is 2. The van der Waals surface area contributed by atoms with Crippen LogP contribution in [0.1, 0.15) is 84.9 Å². The Bertz CT molecular complexity index is 4640. The van der Waals surface area contributed by atoms with Gasteiger partial charge in [-0.15, -0.1) is 24.3 Å². The molecule has 78 heavy (non-hydrogen) atoms. The summed E-state index contributed by atoms with van der Waals surface area (Å²) in [7, 11) is 0. The van der Waals surface area contributed by atoms with Crippen LogP contribution in [0.25, 0.3) is 99.8 Å². The van der Waals surface area contributed by atoms with Crippen LogP contribution in [0.15, 0.2) is 206 Å². The van der Waals surface area contributed by atoms with Crippen molar-refractivity contribution in [1.82, 2.24) is 18.7 Å². The predicted molar refractivity (Wildman–Crippen MR) is 317 cm³/mol. The van der Waals surface area contributed by atoms with Gasteiger partial charge < -0.3 is 18.4 Å². The Hall–Kier alpha value is -8.31. The topological polar surface area (TPSA) is 40.8 Å². The molecule has 0 atom stereocenters. The minimum Gasteiger partial charge on any atom is -0.510 e. The van der Waals surface area contributed by atoms with Gasteiger partial charge in [0.15, 0.2) is 0 Å². The predicted octanol–water partition coefficient (Wildman–Crippen LogP) is 17.7. The third-order valence-electron chi connectivity index (χ3n) is 14.9. The zero-order chi connectivity index (χ0) is 57.1. The summed E-state index contributed by atoms with van der Waals surface area (Å²) in [6, 6.07) is 63.7. The fourth-order valence-corrected chi connectivity index (χ4v) is 10.9. The molecule has 13 aromatic rings. The van der Waals surface area contributed by atoms with Gasteiger partial charge in [0.05, 0.1) is 34.6 Å². The van der Waals surface area contributed by atoms with E-state index in [1.165, 1.54) is 5.56 Å². The van der Waals surface area contributed by atoms with E-state index in [-0.39, 0.29) is 55.5 Å². The van der Waals surface area contributed by atoms with Crippen LogP contribution < -0.4 is 9.30 Å². The van der Waals surface area contributed by atoms with Crippen LogP contribution in [-0.2, 0) is 31.9 Å². The number of benzene rings is 9. The maximum atomic E-state index is 9.31. The van der Waals surface area contributed by atoms with E-state index >= 15 is 0 Å². The second-order valence-corrected chi connectivity index (χ2v) is 22.3. The Labute approximate surface area is 478 Å². The van der Waals surface area contributed by atoms with Crippen molar-refractivity contribution in [2.24, 2.45) is 0 Å². The molecule has 0 unspecified atom stereocenters. The van der Waals surface area contributed by atoms with E-state index in [1.54, 1.807) is 0 Å². The van der Waals surface area contributed by atoms with Crippen molar-refractivity contribution in [2.75, 3.05) is 0 Å². The molecule has 4 heterocycles. The maximum absolute atomic E-state index is 9.31. The molecule has 386 valence electrons. The molecule has 9 aromatic carbocycles. The van der Waals surface area contributed by atoms with Crippen LogP contribution >= 0.6 is 0 Å². The number of pyridine rings is 1. The minimum atomic E-state index is -0.450. The third-order valence-corrected chi connectivity index (χ3v) is 14.9. The first-order valence-corrected chi connectivity index (χ1v) is 26.3. The van der Waals surface area contributed by atoms with Crippen molar-refractivity contribution in [3.05, 3.63) is 241 Å². The number of aromatic nitrogens is 5. The van der Waals surface area contributed by atoms with Gasteiger partial charge in [0.25, 0.3) is 6.33 Å². The van der Waals surface area contributed by atoms with Crippen LogP contribution in [0.5, 0.6) is 11.5 Å². The zero-order valence-electron chi connectivity index (χ0n) is 49.8. The summed E-state index contributed by atoms with van der Waals surface area (Å²) in [5.74, 6) is 1.98. The van der Waals surface area contributed by atoms with E-state index in [9.17, 15) is 2.74 Å². The molecule has 0 amide bonds. The van der Waals surface area contributed by atoms with Crippen LogP contribution in [0.2, 0.25) is 0 Å². The van der Waals surface area contributed by atoms with E-state index in [4.69, 9.17) is 13.8 Å². The SMILES string of the molecule is [2H]c1c([2H])c([2H])c(-c2cccc(-c3cc(C(C)(C)C)cc(C(C)(C)C)c3)c2-[n+]2[c-]n(-c3[c-]c(Oc4[c-]c5c(c(-n6c7ccccc7c7ccccc76)c4)c4ccccc4n5-c4cc(C(C)C)ccn4)ccc3)c3ccccc32)c([2H])c1[2H].[Pt]. The molecule has 7 heteroatoms. The summed E-state index contributed by atoms with van der Waals surface area (Å²) in [5, 5.41) is 4.34. The molecule has 0 spiro atoms. The van der Waals surface area contributed by atoms with Crippen molar-refractivity contribution in [2.45, 2.75) is 72.1 Å². The second kappa shape index (κ2) is 19.6. The monoisotopic (exact) mass is 1200 g/mol. The van der Waals surface area contributed by atoms with Gasteiger partial charge in [-0.3, -0.25) is 4.57 Å². The molecule has 0 saturated carbocycles. The Morgan fingerprint density at radius 3 is 1.81 bits per heavy atom. The molecule has 0 aliphatic rings. The standard InChI is InChI=1S/C71H59N5O.Pt/c1-46(2)48-36-37-72-67(40-48)76-62-33-17-14-28-59(62)68-65(75-60-31-15-12-26-57(60)58-27-13-16-32-61(58)75)43-54(44-66(68)76)77-53-25-20-24-52(42-53)73-45-74(64-35-19-18-34-63(64)73)69-55(47-22-10-9-11-23-47)29-21-30-56(69)49-38-50(70(3,4)5)41-51(39-49)71(6,7)8;/h9-41,43,46H,1-8H3;/q-2;/i9D,10D,11D,22D,23D;. The first-order valence-electron chi connectivity index (χ1n) is 28.8. The van der Waals surface area contributed by atoms with Gasteiger partial charge >= 0.3 is 0 Å². The molecular weight excluding hydrogens is 1130 g/mol. The largest absolute Gasteiger partial charge is 0.510 e. The molecule has 0 aliphatic heterocycles. The summed E-state index contributed by atoms with van der Waals surface area (Å²) in [5.41, 5.74) is 13.0. The molecule has 13 rings (SSSR count). The van der Waals surface area contributed by atoms with Gasteiger partial charge in [-0.1, -0.05) is 212 Å². The van der Waals surface area contributed by atoms with Crippen molar-refractivity contribution >= 4 is 54.6 Å². The smallest absolute Gasteiger partial charge is 0.268 e. The van der Waals surface area contributed by atoms with Gasteiger partial charge in [-0.2, -0.15) is 12.1 Å². The van der Waals surface area contributed by atoms with E-state index < -0.39 is 18.1 Å². The number of fused-ring (bicyclic) bond motifs is 7. The van der Waals surface area contributed by atoms with Crippen LogP contribution in [-0.4, -0.2) is 18.7 Å². The third kappa shape index (κ3) is 8.73. The second-order valence-electron chi connectivity index (χ2n) is 22.3. The van der Waals surface area contributed by atoms with Crippen LogP contribution in [0.3, 0.4) is 0 Å².